The molecule has 176 valence electrons. The number of hydrogen-bond donors (Lipinski definition) is 2. The van der Waals surface area contributed by atoms with Crippen molar-refractivity contribution in [2.45, 2.75) is 83.6 Å². The molecule has 0 aliphatic carbocycles. The molecule has 0 spiro atoms. The standard InChI is InChI=1S/C26H40N4O2/c1-3-5-16-26(17-6-4-2)24(32)30(25(27)28-26)19-15-22-14-18-29(20-22)23(31)13-12-21-10-8-7-9-11-21/h7-11,22H,3-6,12-20H2,1-2H3,(H2,27,28). The molecule has 1 unspecified atom stereocenters. The summed E-state index contributed by atoms with van der Waals surface area (Å²) in [6.45, 7) is 6.43. The Balaban J connectivity index is 1.48. The molecule has 1 atom stereocenters. The van der Waals surface area contributed by atoms with Gasteiger partial charge in [-0.25, -0.2) is 0 Å². The lowest BCUT2D eigenvalue weighted by molar-refractivity contribution is -0.132. The number of unbranched alkanes of at least 4 members (excludes halogenated alkanes) is 2. The molecule has 0 aromatic heterocycles. The zero-order valence-electron chi connectivity index (χ0n) is 19.9. The van der Waals surface area contributed by atoms with E-state index in [1.807, 2.05) is 23.1 Å². The maximum absolute atomic E-state index is 13.3. The van der Waals surface area contributed by atoms with E-state index < -0.39 is 5.54 Å². The summed E-state index contributed by atoms with van der Waals surface area (Å²) in [7, 11) is 0. The molecular formula is C26H40N4O2. The van der Waals surface area contributed by atoms with Gasteiger partial charge in [-0.3, -0.25) is 19.9 Å². The van der Waals surface area contributed by atoms with Gasteiger partial charge in [-0.1, -0.05) is 69.9 Å². The van der Waals surface area contributed by atoms with Crippen LogP contribution in [0.15, 0.2) is 30.3 Å². The SMILES string of the molecule is CCCCC1(CCCC)NC(=N)N(CCC2CCN(C(=O)CCc3ccccc3)C2)C1=O. The van der Waals surface area contributed by atoms with Gasteiger partial charge in [-0.05, 0) is 43.6 Å². The van der Waals surface area contributed by atoms with E-state index in [4.69, 9.17) is 5.41 Å². The molecule has 2 aliphatic heterocycles. The Kier molecular flexibility index (Phi) is 8.71. The number of guanidine groups is 1. The maximum Gasteiger partial charge on any atom is 0.255 e. The minimum atomic E-state index is -0.585. The predicted octanol–water partition coefficient (Wildman–Crippen LogP) is 4.34. The highest BCUT2D eigenvalue weighted by Crippen LogP contribution is 2.30. The Morgan fingerprint density at radius 2 is 1.84 bits per heavy atom. The van der Waals surface area contributed by atoms with E-state index in [0.29, 0.717) is 18.9 Å². The third kappa shape index (κ3) is 5.90. The molecule has 0 saturated carbocycles. The fraction of sp³-hybridized carbons (Fsp3) is 0.654. The molecule has 32 heavy (non-hydrogen) atoms. The highest BCUT2D eigenvalue weighted by molar-refractivity contribution is 6.07. The van der Waals surface area contributed by atoms with Crippen LogP contribution in [0.5, 0.6) is 0 Å². The third-order valence-corrected chi connectivity index (χ3v) is 7.07. The molecule has 2 aliphatic rings. The number of hydrogen-bond acceptors (Lipinski definition) is 3. The van der Waals surface area contributed by atoms with Crippen LogP contribution in [0.1, 0.15) is 77.2 Å². The summed E-state index contributed by atoms with van der Waals surface area (Å²) in [5, 5.41) is 11.7. The van der Waals surface area contributed by atoms with Crippen molar-refractivity contribution in [1.29, 1.82) is 5.41 Å². The van der Waals surface area contributed by atoms with Crippen molar-refractivity contribution in [3.05, 3.63) is 35.9 Å². The number of aryl methyl sites for hydroxylation is 1. The first-order valence-electron chi connectivity index (χ1n) is 12.5. The fourth-order valence-electron chi connectivity index (χ4n) is 5.00. The van der Waals surface area contributed by atoms with Gasteiger partial charge < -0.3 is 10.2 Å². The summed E-state index contributed by atoms with van der Waals surface area (Å²) in [4.78, 5) is 29.6. The lowest BCUT2D eigenvalue weighted by atomic mass is 9.87. The van der Waals surface area contributed by atoms with E-state index in [-0.39, 0.29) is 17.8 Å². The Labute approximate surface area is 193 Å². The minimum absolute atomic E-state index is 0.0817. The number of benzene rings is 1. The number of rotatable bonds is 12. The van der Waals surface area contributed by atoms with Crippen LogP contribution >= 0.6 is 0 Å². The number of amides is 2. The van der Waals surface area contributed by atoms with E-state index >= 15 is 0 Å². The quantitative estimate of drug-likeness (QED) is 0.507. The van der Waals surface area contributed by atoms with Crippen molar-refractivity contribution >= 4 is 17.8 Å². The maximum atomic E-state index is 13.3. The second-order valence-electron chi connectivity index (χ2n) is 9.49. The van der Waals surface area contributed by atoms with Crippen LogP contribution in [0, 0.1) is 11.3 Å². The number of carbonyl (C=O) groups is 2. The number of nitrogens with one attached hydrogen (secondary N) is 2. The Morgan fingerprint density at radius 3 is 2.50 bits per heavy atom. The van der Waals surface area contributed by atoms with Crippen molar-refractivity contribution < 1.29 is 9.59 Å². The fourth-order valence-corrected chi connectivity index (χ4v) is 5.00. The van der Waals surface area contributed by atoms with E-state index in [1.54, 1.807) is 4.90 Å². The summed E-state index contributed by atoms with van der Waals surface area (Å²) >= 11 is 0. The van der Waals surface area contributed by atoms with E-state index in [2.05, 4.69) is 31.3 Å². The average molecular weight is 441 g/mol. The summed E-state index contributed by atoms with van der Waals surface area (Å²) in [6, 6.07) is 10.1. The second-order valence-corrected chi connectivity index (χ2v) is 9.49. The first-order chi connectivity index (χ1) is 15.5. The molecule has 3 rings (SSSR count). The molecule has 2 amide bonds. The van der Waals surface area contributed by atoms with Crippen molar-refractivity contribution in [2.75, 3.05) is 19.6 Å². The second kappa shape index (κ2) is 11.5. The lowest BCUT2D eigenvalue weighted by Crippen LogP contribution is -2.47. The van der Waals surface area contributed by atoms with Crippen molar-refractivity contribution in [1.82, 2.24) is 15.1 Å². The molecule has 6 heteroatoms. The van der Waals surface area contributed by atoms with Gasteiger partial charge in [0, 0.05) is 26.1 Å². The zero-order chi connectivity index (χ0) is 23.0. The zero-order valence-corrected chi connectivity index (χ0v) is 19.9. The van der Waals surface area contributed by atoms with Gasteiger partial charge in [0.1, 0.15) is 5.54 Å². The van der Waals surface area contributed by atoms with Crippen LogP contribution in [0.25, 0.3) is 0 Å². The third-order valence-electron chi connectivity index (χ3n) is 7.07. The van der Waals surface area contributed by atoms with Crippen LogP contribution in [-0.4, -0.2) is 52.7 Å². The van der Waals surface area contributed by atoms with Crippen LogP contribution in [-0.2, 0) is 16.0 Å². The van der Waals surface area contributed by atoms with Gasteiger partial charge >= 0.3 is 0 Å². The highest BCUT2D eigenvalue weighted by atomic mass is 16.2. The molecule has 2 N–H and O–H groups in total. The van der Waals surface area contributed by atoms with Crippen LogP contribution in [0.4, 0.5) is 0 Å². The monoisotopic (exact) mass is 440 g/mol. The minimum Gasteiger partial charge on any atom is -0.342 e. The Morgan fingerprint density at radius 1 is 1.16 bits per heavy atom. The van der Waals surface area contributed by atoms with Crippen LogP contribution < -0.4 is 5.32 Å². The number of nitrogens with zero attached hydrogens (tertiary/aromatic N) is 2. The van der Waals surface area contributed by atoms with Gasteiger partial charge in [-0.2, -0.15) is 0 Å². The molecule has 0 bridgehead atoms. The first kappa shape index (κ1) is 24.3. The van der Waals surface area contributed by atoms with Crippen molar-refractivity contribution in [2.24, 2.45) is 5.92 Å². The molecule has 2 saturated heterocycles. The summed E-state index contributed by atoms with van der Waals surface area (Å²) in [5.41, 5.74) is 0.614. The van der Waals surface area contributed by atoms with E-state index in [0.717, 1.165) is 70.9 Å². The smallest absolute Gasteiger partial charge is 0.255 e. The predicted molar refractivity (Wildman–Crippen MR) is 128 cm³/mol. The molecule has 2 heterocycles. The van der Waals surface area contributed by atoms with Crippen LogP contribution in [0.2, 0.25) is 0 Å². The first-order valence-corrected chi connectivity index (χ1v) is 12.5. The molecule has 2 fully saturated rings. The molecule has 1 aromatic carbocycles. The van der Waals surface area contributed by atoms with E-state index in [9.17, 15) is 9.59 Å². The van der Waals surface area contributed by atoms with E-state index in [1.165, 1.54) is 5.56 Å². The highest BCUT2D eigenvalue weighted by Gasteiger charge is 2.48. The average Bonchev–Trinajstić information content (AvgIpc) is 3.37. The van der Waals surface area contributed by atoms with Gasteiger partial charge in [-0.15, -0.1) is 0 Å². The lowest BCUT2D eigenvalue weighted by Gasteiger charge is -2.27. The summed E-state index contributed by atoms with van der Waals surface area (Å²) in [6.07, 6.45) is 8.84. The number of carbonyl (C=O) groups excluding carboxylic acids is 2. The normalized spacial score (nSPS) is 20.1. The van der Waals surface area contributed by atoms with Gasteiger partial charge in [0.05, 0.1) is 0 Å². The molecule has 6 nitrogen and oxygen atoms in total. The summed E-state index contributed by atoms with van der Waals surface area (Å²) in [5.74, 6) is 0.966. The largest absolute Gasteiger partial charge is 0.342 e. The Bertz CT molecular complexity index is 771. The van der Waals surface area contributed by atoms with Crippen LogP contribution in [0.3, 0.4) is 0 Å². The Hall–Kier alpha value is -2.37. The topological polar surface area (TPSA) is 76.5 Å². The molecular weight excluding hydrogens is 400 g/mol. The van der Waals surface area contributed by atoms with Gasteiger partial charge in [0.2, 0.25) is 5.91 Å². The van der Waals surface area contributed by atoms with Crippen molar-refractivity contribution in [3.8, 4) is 0 Å². The number of likely N-dealkylation sites (tertiary alicyclic amines) is 1. The van der Waals surface area contributed by atoms with Gasteiger partial charge in [0.15, 0.2) is 5.96 Å². The van der Waals surface area contributed by atoms with Crippen molar-refractivity contribution in [3.63, 3.8) is 0 Å². The molecule has 1 aromatic rings. The van der Waals surface area contributed by atoms with Gasteiger partial charge in [0.25, 0.3) is 5.91 Å². The summed E-state index contributed by atoms with van der Waals surface area (Å²) < 4.78 is 0. The molecule has 0 radical (unpaired) electrons.